The van der Waals surface area contributed by atoms with Crippen LogP contribution in [0.3, 0.4) is 0 Å². The summed E-state index contributed by atoms with van der Waals surface area (Å²) in [5, 5.41) is 3.51. The van der Waals surface area contributed by atoms with E-state index in [1.54, 1.807) is 0 Å². The first-order chi connectivity index (χ1) is 11.7. The topological polar surface area (TPSA) is 37.4 Å². The van der Waals surface area contributed by atoms with Crippen LogP contribution in [0.15, 0.2) is 48.8 Å². The summed E-state index contributed by atoms with van der Waals surface area (Å²) < 4.78 is 5.87. The summed E-state index contributed by atoms with van der Waals surface area (Å²) in [7, 11) is 0. The van der Waals surface area contributed by atoms with Crippen LogP contribution in [0.25, 0.3) is 0 Å². The van der Waals surface area contributed by atoms with Gasteiger partial charge in [0.1, 0.15) is 5.75 Å². The van der Waals surface area contributed by atoms with Crippen molar-refractivity contribution < 1.29 is 4.74 Å². The normalized spacial score (nSPS) is 18.7. The van der Waals surface area contributed by atoms with Gasteiger partial charge in [-0.3, -0.25) is 9.88 Å². The zero-order valence-corrected chi connectivity index (χ0v) is 14.6. The molecule has 0 amide bonds. The van der Waals surface area contributed by atoms with Gasteiger partial charge < -0.3 is 10.1 Å². The van der Waals surface area contributed by atoms with E-state index in [1.165, 1.54) is 11.1 Å². The first-order valence-corrected chi connectivity index (χ1v) is 8.79. The molecule has 0 aliphatic carbocycles. The molecule has 0 bridgehead atoms. The van der Waals surface area contributed by atoms with Crippen LogP contribution in [-0.4, -0.2) is 36.1 Å². The van der Waals surface area contributed by atoms with Crippen LogP contribution < -0.4 is 10.1 Å². The maximum Gasteiger partial charge on any atom is 0.119 e. The number of piperazine rings is 1. The molecule has 1 saturated heterocycles. The van der Waals surface area contributed by atoms with E-state index in [2.05, 4.69) is 59.4 Å². The average molecular weight is 325 g/mol. The van der Waals surface area contributed by atoms with Crippen molar-refractivity contribution >= 4 is 0 Å². The Morgan fingerprint density at radius 2 is 2.08 bits per heavy atom. The fourth-order valence-corrected chi connectivity index (χ4v) is 3.08. The van der Waals surface area contributed by atoms with Crippen molar-refractivity contribution in [1.82, 2.24) is 15.2 Å². The minimum Gasteiger partial charge on any atom is -0.493 e. The molecule has 1 aliphatic heterocycles. The van der Waals surface area contributed by atoms with E-state index in [4.69, 9.17) is 4.74 Å². The molecule has 3 rings (SSSR count). The highest BCUT2D eigenvalue weighted by molar-refractivity contribution is 5.29. The molecule has 0 saturated carbocycles. The summed E-state index contributed by atoms with van der Waals surface area (Å²) in [6.45, 7) is 9.10. The largest absolute Gasteiger partial charge is 0.493 e. The van der Waals surface area contributed by atoms with Gasteiger partial charge in [0.2, 0.25) is 0 Å². The number of hydrogen-bond donors (Lipinski definition) is 1. The van der Waals surface area contributed by atoms with Gasteiger partial charge in [-0.15, -0.1) is 0 Å². The maximum absolute atomic E-state index is 5.87. The van der Waals surface area contributed by atoms with E-state index in [-0.39, 0.29) is 0 Å². The molecule has 128 valence electrons. The molecule has 4 heteroatoms. The monoisotopic (exact) mass is 325 g/mol. The SMILES string of the molecule is CC(C)COc1cccc(CN2CCNCC2c2ccncc2)c1. The van der Waals surface area contributed by atoms with E-state index in [0.29, 0.717) is 12.0 Å². The first kappa shape index (κ1) is 16.9. The Bertz CT molecular complexity index is 630. The zero-order valence-electron chi connectivity index (χ0n) is 14.6. The number of aromatic nitrogens is 1. The summed E-state index contributed by atoms with van der Waals surface area (Å²) in [6.07, 6.45) is 3.75. The van der Waals surface area contributed by atoms with Gasteiger partial charge in [-0.1, -0.05) is 26.0 Å². The van der Waals surface area contributed by atoms with Crippen LogP contribution in [0.2, 0.25) is 0 Å². The Labute approximate surface area is 144 Å². The highest BCUT2D eigenvalue weighted by Gasteiger charge is 2.23. The smallest absolute Gasteiger partial charge is 0.119 e. The predicted molar refractivity (Wildman–Crippen MR) is 97.0 cm³/mol. The van der Waals surface area contributed by atoms with Crippen LogP contribution in [-0.2, 0) is 6.54 Å². The molecule has 2 aromatic rings. The lowest BCUT2D eigenvalue weighted by atomic mass is 10.0. The molecule has 1 aromatic carbocycles. The van der Waals surface area contributed by atoms with Gasteiger partial charge in [-0.2, -0.15) is 0 Å². The van der Waals surface area contributed by atoms with Gasteiger partial charge >= 0.3 is 0 Å². The van der Waals surface area contributed by atoms with Crippen molar-refractivity contribution in [2.24, 2.45) is 5.92 Å². The molecule has 0 spiro atoms. The fraction of sp³-hybridized carbons (Fsp3) is 0.450. The number of nitrogens with zero attached hydrogens (tertiary/aromatic N) is 2. The number of nitrogens with one attached hydrogen (secondary N) is 1. The van der Waals surface area contributed by atoms with Crippen LogP contribution in [0.4, 0.5) is 0 Å². The van der Waals surface area contributed by atoms with Crippen molar-refractivity contribution in [3.05, 3.63) is 59.9 Å². The van der Waals surface area contributed by atoms with Gasteiger partial charge in [0.25, 0.3) is 0 Å². The lowest BCUT2D eigenvalue weighted by molar-refractivity contribution is 0.153. The molecule has 1 aliphatic rings. The first-order valence-electron chi connectivity index (χ1n) is 8.79. The van der Waals surface area contributed by atoms with Gasteiger partial charge in [-0.25, -0.2) is 0 Å². The molecule has 4 nitrogen and oxygen atoms in total. The average Bonchev–Trinajstić information content (AvgIpc) is 2.62. The Hall–Kier alpha value is -1.91. The summed E-state index contributed by atoms with van der Waals surface area (Å²) in [6, 6.07) is 13.1. The Kier molecular flexibility index (Phi) is 5.83. The fourth-order valence-electron chi connectivity index (χ4n) is 3.08. The molecular formula is C20H27N3O. The lowest BCUT2D eigenvalue weighted by Crippen LogP contribution is -2.45. The van der Waals surface area contributed by atoms with Gasteiger partial charge in [0.15, 0.2) is 0 Å². The van der Waals surface area contributed by atoms with Gasteiger partial charge in [0.05, 0.1) is 6.61 Å². The van der Waals surface area contributed by atoms with Crippen molar-refractivity contribution in [2.75, 3.05) is 26.2 Å². The lowest BCUT2D eigenvalue weighted by Gasteiger charge is -2.36. The highest BCUT2D eigenvalue weighted by atomic mass is 16.5. The molecule has 1 N–H and O–H groups in total. The third kappa shape index (κ3) is 4.56. The van der Waals surface area contributed by atoms with E-state index < -0.39 is 0 Å². The van der Waals surface area contributed by atoms with Crippen LogP contribution in [0, 0.1) is 5.92 Å². The molecule has 24 heavy (non-hydrogen) atoms. The summed E-state index contributed by atoms with van der Waals surface area (Å²) in [5.74, 6) is 1.51. The van der Waals surface area contributed by atoms with Crippen molar-refractivity contribution in [3.63, 3.8) is 0 Å². The van der Waals surface area contributed by atoms with Crippen molar-refractivity contribution in [3.8, 4) is 5.75 Å². The zero-order chi connectivity index (χ0) is 16.8. The van der Waals surface area contributed by atoms with Crippen molar-refractivity contribution in [1.29, 1.82) is 0 Å². The third-order valence-electron chi connectivity index (χ3n) is 4.31. The van der Waals surface area contributed by atoms with Gasteiger partial charge in [0, 0.05) is 44.6 Å². The minimum absolute atomic E-state index is 0.391. The molecule has 1 atom stereocenters. The third-order valence-corrected chi connectivity index (χ3v) is 4.31. The summed E-state index contributed by atoms with van der Waals surface area (Å²) in [4.78, 5) is 6.68. The number of pyridine rings is 1. The highest BCUT2D eigenvalue weighted by Crippen LogP contribution is 2.25. The van der Waals surface area contributed by atoms with E-state index in [1.807, 2.05) is 18.5 Å². The summed E-state index contributed by atoms with van der Waals surface area (Å²) in [5.41, 5.74) is 2.63. The van der Waals surface area contributed by atoms with E-state index in [9.17, 15) is 0 Å². The van der Waals surface area contributed by atoms with Crippen LogP contribution >= 0.6 is 0 Å². The van der Waals surface area contributed by atoms with E-state index >= 15 is 0 Å². The predicted octanol–water partition coefficient (Wildman–Crippen LogP) is 3.26. The molecule has 2 heterocycles. The Morgan fingerprint density at radius 3 is 2.88 bits per heavy atom. The molecule has 0 radical (unpaired) electrons. The Balaban J connectivity index is 1.70. The maximum atomic E-state index is 5.87. The minimum atomic E-state index is 0.391. The summed E-state index contributed by atoms with van der Waals surface area (Å²) >= 11 is 0. The number of rotatable bonds is 6. The van der Waals surface area contributed by atoms with Crippen molar-refractivity contribution in [2.45, 2.75) is 26.4 Å². The Morgan fingerprint density at radius 1 is 1.25 bits per heavy atom. The van der Waals surface area contributed by atoms with E-state index in [0.717, 1.165) is 38.5 Å². The van der Waals surface area contributed by atoms with Gasteiger partial charge in [-0.05, 0) is 41.3 Å². The number of ether oxygens (including phenoxy) is 1. The quantitative estimate of drug-likeness (QED) is 0.884. The number of benzene rings is 1. The second-order valence-corrected chi connectivity index (χ2v) is 6.82. The molecule has 1 unspecified atom stereocenters. The van der Waals surface area contributed by atoms with Crippen LogP contribution in [0.5, 0.6) is 5.75 Å². The number of hydrogen-bond acceptors (Lipinski definition) is 4. The standard InChI is InChI=1S/C20H27N3O/c1-16(2)15-24-19-5-3-4-17(12-19)14-23-11-10-22-13-20(23)18-6-8-21-9-7-18/h3-9,12,16,20,22H,10-11,13-15H2,1-2H3. The second-order valence-electron chi connectivity index (χ2n) is 6.82. The van der Waals surface area contributed by atoms with Crippen LogP contribution in [0.1, 0.15) is 31.0 Å². The molecule has 1 aromatic heterocycles. The second kappa shape index (κ2) is 8.27. The molecular weight excluding hydrogens is 298 g/mol. The molecule has 1 fully saturated rings.